The summed E-state index contributed by atoms with van der Waals surface area (Å²) >= 11 is 0. The average Bonchev–Trinajstić information content (AvgIpc) is 2.91. The summed E-state index contributed by atoms with van der Waals surface area (Å²) in [6.07, 6.45) is 3.92. The zero-order chi connectivity index (χ0) is 19.4. The van der Waals surface area contributed by atoms with Crippen LogP contribution in [0.25, 0.3) is 0 Å². The molecule has 0 radical (unpaired) electrons. The quantitative estimate of drug-likeness (QED) is 0.751. The Balaban J connectivity index is 1.66. The fourth-order valence-corrected chi connectivity index (χ4v) is 3.77. The third-order valence-corrected chi connectivity index (χ3v) is 5.17. The summed E-state index contributed by atoms with van der Waals surface area (Å²) < 4.78 is 1.89. The monoisotopic (exact) mass is 374 g/mol. The number of carbonyl (C=O) groups is 3. The maximum atomic E-state index is 13.0. The summed E-state index contributed by atoms with van der Waals surface area (Å²) in [4.78, 5) is 39.3. The van der Waals surface area contributed by atoms with Gasteiger partial charge in [-0.25, -0.2) is 0 Å². The third-order valence-electron chi connectivity index (χ3n) is 5.17. The highest BCUT2D eigenvalue weighted by Crippen LogP contribution is 2.23. The largest absolute Gasteiger partial charge is 0.481 e. The molecule has 1 aromatic heterocycles. The minimum absolute atomic E-state index is 0.0499. The molecule has 1 aromatic rings. The lowest BCUT2D eigenvalue weighted by atomic mass is 9.95. The van der Waals surface area contributed by atoms with E-state index in [1.807, 2.05) is 15.6 Å². The first-order valence-corrected chi connectivity index (χ1v) is 9.42. The van der Waals surface area contributed by atoms with Crippen molar-refractivity contribution in [2.75, 3.05) is 19.6 Å². The number of amides is 2. The number of carboxylic acid groups (broad SMARTS) is 1. The number of fused-ring (bicyclic) bond motifs is 1. The van der Waals surface area contributed by atoms with E-state index in [1.165, 1.54) is 0 Å². The summed E-state index contributed by atoms with van der Waals surface area (Å²) in [7, 11) is 0. The van der Waals surface area contributed by atoms with Gasteiger partial charge in [-0.15, -0.1) is 6.58 Å². The second kappa shape index (κ2) is 8.37. The first-order chi connectivity index (χ1) is 13.0. The molecule has 0 spiro atoms. The van der Waals surface area contributed by atoms with Crippen LogP contribution in [0.15, 0.2) is 18.7 Å². The first-order valence-electron chi connectivity index (χ1n) is 9.42. The van der Waals surface area contributed by atoms with Crippen molar-refractivity contribution < 1.29 is 19.5 Å². The van der Waals surface area contributed by atoms with Gasteiger partial charge in [-0.2, -0.15) is 5.10 Å². The van der Waals surface area contributed by atoms with Crippen LogP contribution in [0.2, 0.25) is 0 Å². The second-order valence-corrected chi connectivity index (χ2v) is 7.18. The van der Waals surface area contributed by atoms with E-state index in [4.69, 9.17) is 5.11 Å². The number of aryl methyl sites for hydroxylation is 2. The van der Waals surface area contributed by atoms with Crippen molar-refractivity contribution in [2.45, 2.75) is 45.2 Å². The van der Waals surface area contributed by atoms with E-state index >= 15 is 0 Å². The van der Waals surface area contributed by atoms with E-state index in [0.29, 0.717) is 45.4 Å². The van der Waals surface area contributed by atoms with Gasteiger partial charge in [-0.3, -0.25) is 19.1 Å². The molecule has 1 N–H and O–H groups in total. The fraction of sp³-hybridized carbons (Fsp3) is 0.579. The third kappa shape index (κ3) is 4.56. The molecule has 8 nitrogen and oxygen atoms in total. The zero-order valence-corrected chi connectivity index (χ0v) is 15.5. The zero-order valence-electron chi connectivity index (χ0n) is 15.5. The number of carboxylic acids is 1. The highest BCUT2D eigenvalue weighted by Gasteiger charge is 2.33. The minimum atomic E-state index is -0.842. The number of piperidine rings is 1. The van der Waals surface area contributed by atoms with Gasteiger partial charge >= 0.3 is 5.97 Å². The molecular formula is C19H26N4O4. The topological polar surface area (TPSA) is 95.7 Å². The van der Waals surface area contributed by atoms with Gasteiger partial charge in [0.25, 0.3) is 0 Å². The van der Waals surface area contributed by atoms with Gasteiger partial charge in [0.05, 0.1) is 30.3 Å². The van der Waals surface area contributed by atoms with Gasteiger partial charge in [-0.05, 0) is 18.9 Å². The number of likely N-dealkylation sites (tertiary alicyclic amines) is 1. The van der Waals surface area contributed by atoms with Crippen molar-refractivity contribution in [1.82, 2.24) is 19.6 Å². The Morgan fingerprint density at radius 3 is 2.93 bits per heavy atom. The molecular weight excluding hydrogens is 348 g/mol. The number of hydrogen-bond acceptors (Lipinski definition) is 4. The average molecular weight is 374 g/mol. The molecule has 1 atom stereocenters. The van der Waals surface area contributed by atoms with Crippen molar-refractivity contribution in [1.29, 1.82) is 0 Å². The normalized spacial score (nSPS) is 20.1. The van der Waals surface area contributed by atoms with Gasteiger partial charge in [-0.1, -0.05) is 6.08 Å². The molecule has 2 aliphatic rings. The van der Waals surface area contributed by atoms with Crippen LogP contribution < -0.4 is 0 Å². The van der Waals surface area contributed by atoms with E-state index in [1.54, 1.807) is 11.0 Å². The van der Waals surface area contributed by atoms with Crippen LogP contribution >= 0.6 is 0 Å². The molecule has 0 aromatic carbocycles. The fourth-order valence-electron chi connectivity index (χ4n) is 3.77. The highest BCUT2D eigenvalue weighted by atomic mass is 16.4. The molecule has 3 rings (SSSR count). The van der Waals surface area contributed by atoms with E-state index in [-0.39, 0.29) is 24.2 Å². The first kappa shape index (κ1) is 19.1. The summed E-state index contributed by atoms with van der Waals surface area (Å²) in [5.41, 5.74) is 1.69. The van der Waals surface area contributed by atoms with Crippen molar-refractivity contribution in [3.05, 3.63) is 30.1 Å². The van der Waals surface area contributed by atoms with Crippen LogP contribution in [0.5, 0.6) is 0 Å². The summed E-state index contributed by atoms with van der Waals surface area (Å²) in [5.74, 6) is -0.858. The molecule has 8 heteroatoms. The van der Waals surface area contributed by atoms with Crippen molar-refractivity contribution >= 4 is 17.8 Å². The van der Waals surface area contributed by atoms with Gasteiger partial charge in [0, 0.05) is 39.0 Å². The Labute approximate surface area is 158 Å². The van der Waals surface area contributed by atoms with Crippen molar-refractivity contribution in [2.24, 2.45) is 5.92 Å². The van der Waals surface area contributed by atoms with Crippen LogP contribution in [0.3, 0.4) is 0 Å². The lowest BCUT2D eigenvalue weighted by Gasteiger charge is -2.34. The van der Waals surface area contributed by atoms with Crippen molar-refractivity contribution in [3.8, 4) is 0 Å². The SMILES string of the molecule is C=CCN1CC(C(=O)N2CCCn3nc(CCC(=O)O)cc3C2)CCC1=O. The smallest absolute Gasteiger partial charge is 0.303 e. The number of carbonyl (C=O) groups excluding carboxylic acids is 2. The molecule has 0 aliphatic carbocycles. The van der Waals surface area contributed by atoms with Gasteiger partial charge in [0.2, 0.25) is 11.8 Å². The predicted octanol–water partition coefficient (Wildman–Crippen LogP) is 1.06. The summed E-state index contributed by atoms with van der Waals surface area (Å²) in [6, 6.07) is 1.91. The molecule has 1 unspecified atom stereocenters. The molecule has 1 fully saturated rings. The number of hydrogen-bond donors (Lipinski definition) is 1. The lowest BCUT2D eigenvalue weighted by Crippen LogP contribution is -2.47. The standard InChI is InChI=1S/C19H26N4O4/c1-2-8-21-12-14(4-6-17(21)24)19(27)22-9-3-10-23-16(13-22)11-15(20-23)5-7-18(25)26/h2,11,14H,1,3-10,12-13H2,(H,25,26). The maximum Gasteiger partial charge on any atom is 0.303 e. The van der Waals surface area contributed by atoms with E-state index in [0.717, 1.165) is 24.4 Å². The van der Waals surface area contributed by atoms with E-state index < -0.39 is 5.97 Å². The van der Waals surface area contributed by atoms with E-state index in [9.17, 15) is 14.4 Å². The van der Waals surface area contributed by atoms with Crippen LogP contribution in [-0.4, -0.2) is 62.1 Å². The number of aliphatic carboxylic acids is 1. The van der Waals surface area contributed by atoms with Gasteiger partial charge in [0.1, 0.15) is 0 Å². The molecule has 146 valence electrons. The lowest BCUT2D eigenvalue weighted by molar-refractivity contribution is -0.143. The maximum absolute atomic E-state index is 13.0. The Kier molecular flexibility index (Phi) is 5.93. The molecule has 2 aliphatic heterocycles. The van der Waals surface area contributed by atoms with Gasteiger partial charge in [0.15, 0.2) is 0 Å². The molecule has 2 amide bonds. The van der Waals surface area contributed by atoms with Crippen molar-refractivity contribution in [3.63, 3.8) is 0 Å². The molecule has 0 saturated carbocycles. The molecule has 0 bridgehead atoms. The van der Waals surface area contributed by atoms with Crippen LogP contribution in [0.1, 0.15) is 37.1 Å². The van der Waals surface area contributed by atoms with E-state index in [2.05, 4.69) is 11.7 Å². The number of aromatic nitrogens is 2. The Bertz CT molecular complexity index is 742. The van der Waals surface area contributed by atoms with Crippen LogP contribution in [-0.2, 0) is 33.9 Å². The van der Waals surface area contributed by atoms with Crippen LogP contribution in [0.4, 0.5) is 0 Å². The van der Waals surface area contributed by atoms with Crippen LogP contribution in [0, 0.1) is 5.92 Å². The molecule has 1 saturated heterocycles. The number of rotatable bonds is 6. The Morgan fingerprint density at radius 1 is 1.37 bits per heavy atom. The molecule has 27 heavy (non-hydrogen) atoms. The summed E-state index contributed by atoms with van der Waals surface area (Å²) in [5, 5.41) is 13.3. The highest BCUT2D eigenvalue weighted by molar-refractivity contribution is 5.84. The minimum Gasteiger partial charge on any atom is -0.481 e. The second-order valence-electron chi connectivity index (χ2n) is 7.18. The van der Waals surface area contributed by atoms with Gasteiger partial charge < -0.3 is 14.9 Å². The number of nitrogens with zero attached hydrogens (tertiary/aromatic N) is 4. The predicted molar refractivity (Wildman–Crippen MR) is 97.7 cm³/mol. The Morgan fingerprint density at radius 2 is 2.19 bits per heavy atom. The summed E-state index contributed by atoms with van der Waals surface area (Å²) in [6.45, 7) is 6.46. The molecule has 3 heterocycles. The Hall–Kier alpha value is -2.64.